The number of nitrogens with one attached hydrogen (secondary N) is 1. The van der Waals surface area contributed by atoms with E-state index in [0.29, 0.717) is 91.7 Å². The summed E-state index contributed by atoms with van der Waals surface area (Å²) in [4.78, 5) is 108. The zero-order valence-electron chi connectivity index (χ0n) is 55.6. The number of carbonyl (C=O) groups excluding carboxylic acids is 6. The summed E-state index contributed by atoms with van der Waals surface area (Å²) < 4.78 is 24.6. The molecule has 89 heavy (non-hydrogen) atoms. The number of hydrogen-bond acceptors (Lipinski definition) is 17. The van der Waals surface area contributed by atoms with Crippen LogP contribution in [0, 0.1) is 29.6 Å². The molecule has 0 radical (unpaired) electrons. The lowest BCUT2D eigenvalue weighted by Crippen LogP contribution is -2.70. The van der Waals surface area contributed by atoms with Gasteiger partial charge >= 0.3 is 17.9 Å². The Bertz CT molecular complexity index is 2810. The second-order valence-corrected chi connectivity index (χ2v) is 25.3. The fraction of sp³-hybridized carbons (Fsp3) is 0.672. The summed E-state index contributed by atoms with van der Waals surface area (Å²) in [6.07, 6.45) is 5.92. The maximum atomic E-state index is 14.6. The number of carboxylic acids is 1. The highest BCUT2D eigenvalue weighted by atomic mass is 16.5. The summed E-state index contributed by atoms with van der Waals surface area (Å²) in [5.74, 6) is -1.37. The number of likely N-dealkylation sites (N-methyl/N-ethyl adjacent to an activating group) is 5. The third-order valence-electron chi connectivity index (χ3n) is 18.7. The van der Waals surface area contributed by atoms with Crippen molar-refractivity contribution in [2.45, 2.75) is 111 Å². The zero-order chi connectivity index (χ0) is 65.1. The predicted octanol–water partition coefficient (Wildman–Crippen LogP) is 6.53. The highest BCUT2D eigenvalue weighted by Crippen LogP contribution is 2.58. The van der Waals surface area contributed by atoms with E-state index in [1.54, 1.807) is 60.0 Å². The quantitative estimate of drug-likeness (QED) is 0.0579. The first-order chi connectivity index (χ1) is 42.5. The van der Waals surface area contributed by atoms with Gasteiger partial charge in [0.2, 0.25) is 5.91 Å². The van der Waals surface area contributed by atoms with Crippen molar-refractivity contribution in [3.8, 4) is 28.4 Å². The molecule has 1 heterocycles. The van der Waals surface area contributed by atoms with Gasteiger partial charge in [-0.05, 0) is 176 Å². The van der Waals surface area contributed by atoms with Crippen LogP contribution >= 0.6 is 0 Å². The number of methoxy groups -OCH3 is 2. The summed E-state index contributed by atoms with van der Waals surface area (Å²) >= 11 is 0. The number of benzene rings is 2. The number of Topliss-reactive ketones (excluding diaryl/α,β-unsaturated/α-hetero) is 1. The van der Waals surface area contributed by atoms with Crippen molar-refractivity contribution in [2.75, 3.05) is 154 Å². The van der Waals surface area contributed by atoms with Gasteiger partial charge in [-0.15, -0.1) is 0 Å². The molecule has 1 aromatic heterocycles. The number of amides is 3. The van der Waals surface area contributed by atoms with Crippen LogP contribution in [0.5, 0.6) is 11.5 Å². The molecular weight excluding hydrogens is 1140 g/mol. The number of hydrogen-bond donors (Lipinski definition) is 2. The van der Waals surface area contributed by atoms with Crippen LogP contribution in [0.2, 0.25) is 0 Å². The third-order valence-corrected chi connectivity index (χ3v) is 18.7. The Morgan fingerprint density at radius 1 is 0.652 bits per heavy atom. The van der Waals surface area contributed by atoms with E-state index in [-0.39, 0.29) is 86.9 Å². The molecule has 2 N–H and O–H groups in total. The van der Waals surface area contributed by atoms with Gasteiger partial charge in [0.1, 0.15) is 22.8 Å². The van der Waals surface area contributed by atoms with E-state index in [1.807, 2.05) is 103 Å². The molecule has 7 rings (SSSR count). The van der Waals surface area contributed by atoms with Crippen LogP contribution in [0.3, 0.4) is 0 Å². The summed E-state index contributed by atoms with van der Waals surface area (Å²) in [7, 11) is 10.6. The first-order valence-corrected chi connectivity index (χ1v) is 32.4. The fourth-order valence-electron chi connectivity index (χ4n) is 13.4. The molecule has 494 valence electrons. The van der Waals surface area contributed by atoms with E-state index in [2.05, 4.69) is 15.1 Å². The maximum Gasteiger partial charge on any atom is 0.330 e. The lowest BCUT2D eigenvalue weighted by atomic mass is 9.48. The fourth-order valence-corrected chi connectivity index (χ4v) is 13.4. The van der Waals surface area contributed by atoms with Gasteiger partial charge in [0.15, 0.2) is 5.69 Å². The number of esters is 2. The minimum atomic E-state index is -1.37. The van der Waals surface area contributed by atoms with Gasteiger partial charge in [0.25, 0.3) is 11.8 Å². The van der Waals surface area contributed by atoms with Gasteiger partial charge in [-0.3, -0.25) is 48.4 Å². The van der Waals surface area contributed by atoms with Crippen LogP contribution in [0.15, 0.2) is 42.5 Å². The van der Waals surface area contributed by atoms with Crippen molar-refractivity contribution in [3.63, 3.8) is 0 Å². The zero-order valence-corrected chi connectivity index (χ0v) is 55.6. The number of nitrogens with zero attached hydrogens (tertiary/aromatic N) is 9. The van der Waals surface area contributed by atoms with Crippen LogP contribution in [0.25, 0.3) is 16.9 Å². The molecule has 4 bridgehead atoms. The number of aliphatic carboxylic acids is 1. The summed E-state index contributed by atoms with van der Waals surface area (Å²) in [5.41, 5.74) is 1.71. The Morgan fingerprint density at radius 2 is 1.20 bits per heavy atom. The van der Waals surface area contributed by atoms with Crippen molar-refractivity contribution in [1.29, 1.82) is 0 Å². The highest BCUT2D eigenvalue weighted by Gasteiger charge is 2.62. The molecule has 0 unspecified atom stereocenters. The van der Waals surface area contributed by atoms with Gasteiger partial charge in [-0.2, -0.15) is 5.10 Å². The van der Waals surface area contributed by atoms with Crippen molar-refractivity contribution in [1.82, 2.24) is 49.4 Å². The molecule has 4 aliphatic rings. The Labute approximate surface area is 528 Å². The van der Waals surface area contributed by atoms with E-state index in [4.69, 9.17) is 24.0 Å². The second kappa shape index (κ2) is 34.1. The van der Waals surface area contributed by atoms with Crippen molar-refractivity contribution in [3.05, 3.63) is 59.3 Å². The van der Waals surface area contributed by atoms with Crippen molar-refractivity contribution in [2.24, 2.45) is 29.6 Å². The van der Waals surface area contributed by atoms with E-state index < -0.39 is 35.3 Å². The van der Waals surface area contributed by atoms with Gasteiger partial charge in [0, 0.05) is 58.2 Å². The molecule has 3 aromatic rings. The average molecular weight is 1240 g/mol. The van der Waals surface area contributed by atoms with Gasteiger partial charge in [0.05, 0.1) is 70.6 Å². The third kappa shape index (κ3) is 19.1. The van der Waals surface area contributed by atoms with Gasteiger partial charge in [-0.1, -0.05) is 54.5 Å². The smallest absolute Gasteiger partial charge is 0.330 e. The monoisotopic (exact) mass is 1240 g/mol. The summed E-state index contributed by atoms with van der Waals surface area (Å²) in [5, 5.41) is 18.9. The number of carbonyl (C=O) groups is 7. The lowest BCUT2D eigenvalue weighted by molar-refractivity contribution is -0.163. The maximum absolute atomic E-state index is 14.6. The molecule has 0 saturated heterocycles. The topological polar surface area (TPSA) is 229 Å². The van der Waals surface area contributed by atoms with Gasteiger partial charge < -0.3 is 44.1 Å². The minimum absolute atomic E-state index is 0.00261. The number of rotatable bonds is 39. The van der Waals surface area contributed by atoms with E-state index in [1.165, 1.54) is 0 Å². The van der Waals surface area contributed by atoms with Crippen LogP contribution in [0.1, 0.15) is 132 Å². The number of aromatic nitrogens is 2. The SMILES string of the molecule is CCN(C)CC(=O)OC[C@@H](COC(=O)CN(CC)CCN(CC)CC(=O)N(C)CCCN(C)CCCN(C)C(=O)c1ccc(-n2nc(C(=O)NC3(C(=O)O)C4CC5CC(C4)CC3C5)cc2-c2c(OC)cccc2OC)c(C(C)C)c1)CC(=O)CN(CC)CC. The molecule has 1 atom stereocenters. The minimum Gasteiger partial charge on any atom is -0.496 e. The molecule has 0 aliphatic heterocycles. The van der Waals surface area contributed by atoms with Crippen molar-refractivity contribution < 1.29 is 57.6 Å². The van der Waals surface area contributed by atoms with Crippen LogP contribution < -0.4 is 14.8 Å². The molecule has 22 nitrogen and oxygen atoms in total. The molecular formula is C67H104N10O12. The van der Waals surface area contributed by atoms with Crippen molar-refractivity contribution >= 4 is 41.4 Å². The molecule has 4 aliphatic carbocycles. The summed E-state index contributed by atoms with van der Waals surface area (Å²) in [6.45, 7) is 21.7. The first kappa shape index (κ1) is 71.6. The van der Waals surface area contributed by atoms with E-state index in [0.717, 1.165) is 76.7 Å². The Morgan fingerprint density at radius 3 is 1.73 bits per heavy atom. The van der Waals surface area contributed by atoms with E-state index >= 15 is 0 Å². The molecule has 4 fully saturated rings. The van der Waals surface area contributed by atoms with Crippen LogP contribution in [-0.2, 0) is 33.4 Å². The Balaban J connectivity index is 0.985. The molecule has 2 aromatic carbocycles. The highest BCUT2D eigenvalue weighted by molar-refractivity contribution is 5.98. The van der Waals surface area contributed by atoms with E-state index in [9.17, 15) is 38.7 Å². The predicted molar refractivity (Wildman–Crippen MR) is 343 cm³/mol. The van der Waals surface area contributed by atoms with Crippen LogP contribution in [-0.4, -0.2) is 250 Å². The Kier molecular flexibility index (Phi) is 27.4. The largest absolute Gasteiger partial charge is 0.496 e. The molecule has 4 saturated carbocycles. The van der Waals surface area contributed by atoms with Crippen LogP contribution in [0.4, 0.5) is 0 Å². The molecule has 0 spiro atoms. The summed E-state index contributed by atoms with van der Waals surface area (Å²) in [6, 6.07) is 12.6. The second-order valence-electron chi connectivity index (χ2n) is 25.3. The number of ketones is 1. The molecule has 3 amide bonds. The molecule has 22 heteroatoms. The van der Waals surface area contributed by atoms with Gasteiger partial charge in [-0.25, -0.2) is 9.48 Å². The first-order valence-electron chi connectivity index (χ1n) is 32.4. The average Bonchev–Trinajstić information content (AvgIpc) is 1.65. The number of carboxylic acid groups (broad SMARTS) is 1. The Hall–Kier alpha value is -6.46. The number of ether oxygens (including phenoxy) is 4. The standard InChI is InChI=1S/C67H104N10O12/c1-14-70(8)42-61(80)88-44-49(37-53(78)40-74(15-2)16-3)45-89-62(81)43-76(18-5)31-30-75(17-4)41-60(79)72(10)28-20-26-71(9)27-21-29-73(11)65(83)50-24-25-56(54(38-50)46(6)7)77-57(63-58(86-12)22-19-23-59(63)87-13)39-55(69-77)64(82)68-67(66(84)85)51-33-47-32-48(35-51)36-52(67)34-47/h19,22-25,38-39,46-49,51-52H,14-18,20-21,26-37,40-45H2,1-13H3,(H,68,82)(H,84,85)/t47?,48?,49-,51?,52?,67?/m0/s1. The normalized spacial score (nSPS) is 18.9. The lowest BCUT2D eigenvalue weighted by Gasteiger charge is -2.59.